The van der Waals surface area contributed by atoms with Gasteiger partial charge in [-0.05, 0) is 69.2 Å². The van der Waals surface area contributed by atoms with Gasteiger partial charge in [-0.3, -0.25) is 4.79 Å². The molecule has 0 radical (unpaired) electrons. The number of rotatable bonds is 10. The van der Waals surface area contributed by atoms with E-state index in [1.807, 2.05) is 70.2 Å². The summed E-state index contributed by atoms with van der Waals surface area (Å²) in [5, 5.41) is 3.64. The number of carbonyl (C=O) groups is 1. The van der Waals surface area contributed by atoms with Crippen molar-refractivity contribution in [3.8, 4) is 11.5 Å². The third-order valence-electron chi connectivity index (χ3n) is 4.18. The number of hydrogen-bond donors (Lipinski definition) is 1. The highest BCUT2D eigenvalue weighted by Gasteiger charge is 2.21. The molecule has 28 heavy (non-hydrogen) atoms. The monoisotopic (exact) mass is 421 g/mol. The van der Waals surface area contributed by atoms with E-state index in [0.29, 0.717) is 24.0 Å². The summed E-state index contributed by atoms with van der Waals surface area (Å²) in [5.41, 5.74) is 0.978. The van der Waals surface area contributed by atoms with E-state index >= 15 is 0 Å². The van der Waals surface area contributed by atoms with Crippen LogP contribution < -0.4 is 14.8 Å². The highest BCUT2D eigenvalue weighted by Crippen LogP contribution is 2.31. The second kappa shape index (κ2) is 11.2. The van der Waals surface area contributed by atoms with Crippen LogP contribution in [0.25, 0.3) is 0 Å². The molecule has 2 atom stereocenters. The van der Waals surface area contributed by atoms with Crippen LogP contribution in [0.5, 0.6) is 11.5 Å². The molecule has 0 saturated heterocycles. The van der Waals surface area contributed by atoms with Crippen LogP contribution >= 0.6 is 23.4 Å². The van der Waals surface area contributed by atoms with Crippen molar-refractivity contribution in [1.29, 1.82) is 0 Å². The quantitative estimate of drug-likeness (QED) is 0.486. The first-order chi connectivity index (χ1) is 13.5. The Hall–Kier alpha value is -1.85. The van der Waals surface area contributed by atoms with E-state index in [1.165, 1.54) is 0 Å². The summed E-state index contributed by atoms with van der Waals surface area (Å²) < 4.78 is 11.3. The summed E-state index contributed by atoms with van der Waals surface area (Å²) >= 11 is 7.49. The Morgan fingerprint density at radius 3 is 2.29 bits per heavy atom. The Morgan fingerprint density at radius 2 is 1.68 bits per heavy atom. The molecule has 0 bridgehead atoms. The SMILES string of the molecule is CCOc1ccc([C@@H](C)NC(=O)[C@H](CC)Sc2ccc(Cl)cc2)cc1OCC. The van der Waals surface area contributed by atoms with Gasteiger partial charge >= 0.3 is 0 Å². The minimum Gasteiger partial charge on any atom is -0.490 e. The third kappa shape index (κ3) is 6.35. The molecule has 0 saturated carbocycles. The molecule has 4 nitrogen and oxygen atoms in total. The molecule has 0 fully saturated rings. The van der Waals surface area contributed by atoms with Gasteiger partial charge in [0.05, 0.1) is 24.5 Å². The Kier molecular flexibility index (Phi) is 9.00. The van der Waals surface area contributed by atoms with Crippen molar-refractivity contribution in [1.82, 2.24) is 5.32 Å². The van der Waals surface area contributed by atoms with Gasteiger partial charge in [-0.2, -0.15) is 0 Å². The first kappa shape index (κ1) is 22.4. The molecule has 2 rings (SSSR count). The molecule has 2 aromatic rings. The topological polar surface area (TPSA) is 47.6 Å². The van der Waals surface area contributed by atoms with E-state index in [0.717, 1.165) is 22.6 Å². The minimum absolute atomic E-state index is 0.0156. The fraction of sp³-hybridized carbons (Fsp3) is 0.409. The zero-order chi connectivity index (χ0) is 20.5. The number of ether oxygens (including phenoxy) is 2. The molecule has 1 amide bonds. The Morgan fingerprint density at radius 1 is 1.04 bits per heavy atom. The lowest BCUT2D eigenvalue weighted by atomic mass is 10.1. The van der Waals surface area contributed by atoms with Gasteiger partial charge in [0, 0.05) is 9.92 Å². The molecule has 0 aliphatic heterocycles. The van der Waals surface area contributed by atoms with Gasteiger partial charge in [0.2, 0.25) is 5.91 Å². The van der Waals surface area contributed by atoms with Crippen LogP contribution in [-0.2, 0) is 4.79 Å². The molecule has 0 aliphatic rings. The largest absolute Gasteiger partial charge is 0.490 e. The summed E-state index contributed by atoms with van der Waals surface area (Å²) in [6, 6.07) is 13.2. The summed E-state index contributed by atoms with van der Waals surface area (Å²) in [7, 11) is 0. The maximum Gasteiger partial charge on any atom is 0.233 e. The number of amides is 1. The van der Waals surface area contributed by atoms with E-state index in [9.17, 15) is 4.79 Å². The van der Waals surface area contributed by atoms with Gasteiger partial charge in [-0.15, -0.1) is 11.8 Å². The number of thioether (sulfide) groups is 1. The number of benzene rings is 2. The smallest absolute Gasteiger partial charge is 0.233 e. The first-order valence-electron chi connectivity index (χ1n) is 9.60. The molecule has 0 unspecified atom stereocenters. The molecule has 0 spiro atoms. The second-order valence-corrected chi connectivity index (χ2v) is 7.98. The molecule has 6 heteroatoms. The van der Waals surface area contributed by atoms with Crippen LogP contribution in [-0.4, -0.2) is 24.4 Å². The zero-order valence-corrected chi connectivity index (χ0v) is 18.4. The van der Waals surface area contributed by atoms with Crippen molar-refractivity contribution < 1.29 is 14.3 Å². The lowest BCUT2D eigenvalue weighted by molar-refractivity contribution is -0.121. The van der Waals surface area contributed by atoms with Crippen molar-refractivity contribution >= 4 is 29.3 Å². The van der Waals surface area contributed by atoms with Crippen molar-refractivity contribution in [3.63, 3.8) is 0 Å². The fourth-order valence-electron chi connectivity index (χ4n) is 2.73. The molecular formula is C22H28ClNO3S. The predicted molar refractivity (Wildman–Crippen MR) is 117 cm³/mol. The van der Waals surface area contributed by atoms with Crippen molar-refractivity contribution in [2.45, 2.75) is 50.3 Å². The average molecular weight is 422 g/mol. The van der Waals surface area contributed by atoms with Gasteiger partial charge in [-0.25, -0.2) is 0 Å². The van der Waals surface area contributed by atoms with Crippen LogP contribution in [0.4, 0.5) is 0 Å². The van der Waals surface area contributed by atoms with E-state index in [2.05, 4.69) is 5.32 Å². The number of hydrogen-bond acceptors (Lipinski definition) is 4. The molecule has 0 aliphatic carbocycles. The lowest BCUT2D eigenvalue weighted by Gasteiger charge is -2.20. The number of nitrogens with one attached hydrogen (secondary N) is 1. The van der Waals surface area contributed by atoms with Crippen LogP contribution in [0.15, 0.2) is 47.4 Å². The highest BCUT2D eigenvalue weighted by molar-refractivity contribution is 8.00. The Labute approximate surface area is 177 Å². The van der Waals surface area contributed by atoms with Crippen LogP contribution in [0.1, 0.15) is 45.7 Å². The minimum atomic E-state index is -0.169. The fourth-order valence-corrected chi connectivity index (χ4v) is 3.82. The Balaban J connectivity index is 2.06. The first-order valence-corrected chi connectivity index (χ1v) is 10.9. The molecule has 152 valence electrons. The van der Waals surface area contributed by atoms with Gasteiger partial charge in [0.25, 0.3) is 0 Å². The van der Waals surface area contributed by atoms with Crippen molar-refractivity contribution in [3.05, 3.63) is 53.1 Å². The van der Waals surface area contributed by atoms with Gasteiger partial charge in [0.15, 0.2) is 11.5 Å². The third-order valence-corrected chi connectivity index (χ3v) is 5.81. The Bertz CT molecular complexity index is 767. The molecule has 2 aromatic carbocycles. The van der Waals surface area contributed by atoms with Gasteiger partial charge < -0.3 is 14.8 Å². The number of carbonyl (C=O) groups excluding carboxylic acids is 1. The predicted octanol–water partition coefficient (Wildman–Crippen LogP) is 5.89. The van der Waals surface area contributed by atoms with Crippen LogP contribution in [0.3, 0.4) is 0 Å². The van der Waals surface area contributed by atoms with Crippen molar-refractivity contribution in [2.75, 3.05) is 13.2 Å². The van der Waals surface area contributed by atoms with E-state index in [-0.39, 0.29) is 17.2 Å². The molecular weight excluding hydrogens is 394 g/mol. The maximum absolute atomic E-state index is 12.8. The van der Waals surface area contributed by atoms with Crippen LogP contribution in [0.2, 0.25) is 5.02 Å². The highest BCUT2D eigenvalue weighted by atomic mass is 35.5. The zero-order valence-electron chi connectivity index (χ0n) is 16.8. The van der Waals surface area contributed by atoms with E-state index in [4.69, 9.17) is 21.1 Å². The summed E-state index contributed by atoms with van der Waals surface area (Å²) in [5.74, 6) is 1.43. The van der Waals surface area contributed by atoms with E-state index in [1.54, 1.807) is 11.8 Å². The average Bonchev–Trinajstić information content (AvgIpc) is 2.69. The maximum atomic E-state index is 12.8. The summed E-state index contributed by atoms with van der Waals surface area (Å²) in [4.78, 5) is 13.8. The molecule has 1 N–H and O–H groups in total. The normalized spacial score (nSPS) is 12.9. The summed E-state index contributed by atoms with van der Waals surface area (Å²) in [6.07, 6.45) is 0.735. The van der Waals surface area contributed by atoms with Gasteiger partial charge in [0.1, 0.15) is 0 Å². The number of halogens is 1. The molecule has 0 heterocycles. The van der Waals surface area contributed by atoms with E-state index < -0.39 is 0 Å². The molecule has 0 aromatic heterocycles. The summed E-state index contributed by atoms with van der Waals surface area (Å²) in [6.45, 7) is 9.00. The van der Waals surface area contributed by atoms with Crippen molar-refractivity contribution in [2.24, 2.45) is 0 Å². The standard InChI is InChI=1S/C22H28ClNO3S/c1-5-21(28-18-11-9-17(23)10-12-18)22(25)24-15(4)16-8-13-19(26-6-2)20(14-16)27-7-3/h8-15,21H,5-7H2,1-4H3,(H,24,25)/t15-,21+/m1/s1. The lowest BCUT2D eigenvalue weighted by Crippen LogP contribution is -2.34. The van der Waals surface area contributed by atoms with Crippen LogP contribution in [0, 0.1) is 0 Å². The van der Waals surface area contributed by atoms with Gasteiger partial charge in [-0.1, -0.05) is 24.6 Å². The second-order valence-electron chi connectivity index (χ2n) is 6.27.